The zero-order valence-corrected chi connectivity index (χ0v) is 11.5. The molecule has 0 radical (unpaired) electrons. The zero-order valence-electron chi connectivity index (χ0n) is 10.8. The Morgan fingerprint density at radius 1 is 1.05 bits per heavy atom. The highest BCUT2D eigenvalue weighted by Crippen LogP contribution is 2.37. The predicted octanol–water partition coefficient (Wildman–Crippen LogP) is 1.91. The van der Waals surface area contributed by atoms with Crippen LogP contribution in [0.1, 0.15) is 0 Å². The number of rotatable bonds is 3. The van der Waals surface area contributed by atoms with Crippen molar-refractivity contribution in [3.63, 3.8) is 0 Å². The van der Waals surface area contributed by atoms with Crippen LogP contribution in [0, 0.1) is 20.2 Å². The second kappa shape index (κ2) is 5.59. The molecule has 1 fully saturated rings. The highest BCUT2D eigenvalue weighted by molar-refractivity contribution is 6.33. The minimum Gasteiger partial charge on any atom is -0.363 e. The lowest BCUT2D eigenvalue weighted by Gasteiger charge is -2.33. The van der Waals surface area contributed by atoms with Gasteiger partial charge in [-0.25, -0.2) is 0 Å². The lowest BCUT2D eigenvalue weighted by molar-refractivity contribution is -0.393. The predicted molar refractivity (Wildman–Crippen MR) is 74.5 cm³/mol. The summed E-state index contributed by atoms with van der Waals surface area (Å²) in [4.78, 5) is 24.5. The topological polar surface area (TPSA) is 92.8 Å². The minimum absolute atomic E-state index is 0.0884. The first-order chi connectivity index (χ1) is 9.40. The molecule has 1 aromatic rings. The molecule has 0 atom stereocenters. The lowest BCUT2D eigenvalue weighted by atomic mass is 10.2. The number of benzene rings is 1. The molecule has 108 valence electrons. The highest BCUT2D eigenvalue weighted by atomic mass is 35.5. The first-order valence-corrected chi connectivity index (χ1v) is 6.33. The van der Waals surface area contributed by atoms with E-state index in [1.165, 1.54) is 6.07 Å². The Morgan fingerprint density at radius 2 is 1.60 bits per heavy atom. The number of piperazine rings is 1. The van der Waals surface area contributed by atoms with Crippen molar-refractivity contribution in [3.05, 3.63) is 37.4 Å². The van der Waals surface area contributed by atoms with Gasteiger partial charge in [-0.3, -0.25) is 20.2 Å². The molecule has 2 rings (SSSR count). The average Bonchev–Trinajstić information content (AvgIpc) is 2.38. The molecular weight excluding hydrogens is 288 g/mol. The first-order valence-electron chi connectivity index (χ1n) is 5.96. The fraction of sp³-hybridized carbons (Fsp3) is 0.455. The second-order valence-corrected chi connectivity index (χ2v) is 5.00. The van der Waals surface area contributed by atoms with Crippen LogP contribution in [0.25, 0.3) is 0 Å². The van der Waals surface area contributed by atoms with E-state index in [0.29, 0.717) is 18.8 Å². The number of halogens is 1. The molecule has 0 N–H and O–H groups in total. The number of anilines is 1. The molecule has 0 saturated carbocycles. The number of nitrogens with zero attached hydrogens (tertiary/aromatic N) is 4. The maximum absolute atomic E-state index is 11.1. The zero-order chi connectivity index (χ0) is 14.9. The Balaban J connectivity index is 2.44. The largest absolute Gasteiger partial charge is 0.363 e. The highest BCUT2D eigenvalue weighted by Gasteiger charge is 2.28. The molecule has 20 heavy (non-hydrogen) atoms. The van der Waals surface area contributed by atoms with E-state index >= 15 is 0 Å². The summed E-state index contributed by atoms with van der Waals surface area (Å²) in [5.74, 6) is 0. The van der Waals surface area contributed by atoms with Crippen LogP contribution in [-0.4, -0.2) is 48.0 Å². The fourth-order valence-electron chi connectivity index (χ4n) is 2.13. The van der Waals surface area contributed by atoms with E-state index in [1.54, 1.807) is 0 Å². The molecule has 1 aliphatic heterocycles. The van der Waals surface area contributed by atoms with Crippen molar-refractivity contribution in [3.8, 4) is 0 Å². The van der Waals surface area contributed by atoms with E-state index in [2.05, 4.69) is 4.90 Å². The smallest absolute Gasteiger partial charge is 0.299 e. The third-order valence-corrected chi connectivity index (χ3v) is 3.58. The van der Waals surface area contributed by atoms with Crippen molar-refractivity contribution < 1.29 is 9.85 Å². The van der Waals surface area contributed by atoms with Gasteiger partial charge in [0.05, 0.1) is 15.9 Å². The van der Waals surface area contributed by atoms with Crippen molar-refractivity contribution in [1.82, 2.24) is 4.90 Å². The molecule has 0 amide bonds. The quantitative estimate of drug-likeness (QED) is 0.625. The molecule has 0 aliphatic carbocycles. The number of hydrogen-bond acceptors (Lipinski definition) is 6. The van der Waals surface area contributed by atoms with Gasteiger partial charge in [-0.05, 0) is 13.1 Å². The van der Waals surface area contributed by atoms with Crippen LogP contribution in [0.15, 0.2) is 12.1 Å². The summed E-state index contributed by atoms with van der Waals surface area (Å²) >= 11 is 5.85. The monoisotopic (exact) mass is 300 g/mol. The molecule has 0 unspecified atom stereocenters. The Bertz CT molecular complexity index is 558. The molecule has 1 heterocycles. The van der Waals surface area contributed by atoms with Gasteiger partial charge in [-0.15, -0.1) is 0 Å². The van der Waals surface area contributed by atoms with E-state index in [1.807, 2.05) is 11.9 Å². The second-order valence-electron chi connectivity index (χ2n) is 4.60. The molecule has 0 spiro atoms. The molecule has 0 aromatic heterocycles. The standard InChI is InChI=1S/C11H13ClN4O4/c1-13-2-4-14(5-3-13)10-6-8(12)9(15(17)18)7-11(10)16(19)20/h6-7H,2-5H2,1H3. The summed E-state index contributed by atoms with van der Waals surface area (Å²) in [6.45, 7) is 2.77. The Morgan fingerprint density at radius 3 is 2.10 bits per heavy atom. The van der Waals surface area contributed by atoms with Gasteiger partial charge in [0, 0.05) is 26.2 Å². The van der Waals surface area contributed by atoms with Crippen LogP contribution in [0.5, 0.6) is 0 Å². The minimum atomic E-state index is -0.719. The summed E-state index contributed by atoms with van der Waals surface area (Å²) in [6, 6.07) is 2.24. The summed E-state index contributed by atoms with van der Waals surface area (Å²) in [6.07, 6.45) is 0. The van der Waals surface area contributed by atoms with Gasteiger partial charge in [0.25, 0.3) is 11.4 Å². The maximum Gasteiger partial charge on any atom is 0.299 e. The normalized spacial score (nSPS) is 16.2. The van der Waals surface area contributed by atoms with Crippen molar-refractivity contribution in [1.29, 1.82) is 0 Å². The molecule has 8 nitrogen and oxygen atoms in total. The van der Waals surface area contributed by atoms with Gasteiger partial charge in [0.1, 0.15) is 10.7 Å². The van der Waals surface area contributed by atoms with Gasteiger partial charge in [0.15, 0.2) is 0 Å². The van der Waals surface area contributed by atoms with Crippen molar-refractivity contribution in [2.24, 2.45) is 0 Å². The molecule has 0 bridgehead atoms. The molecule has 9 heteroatoms. The van der Waals surface area contributed by atoms with Crippen LogP contribution < -0.4 is 4.90 Å². The van der Waals surface area contributed by atoms with Gasteiger partial charge in [0.2, 0.25) is 0 Å². The summed E-state index contributed by atoms with van der Waals surface area (Å²) in [5, 5.41) is 21.8. The summed E-state index contributed by atoms with van der Waals surface area (Å²) in [7, 11) is 1.97. The van der Waals surface area contributed by atoms with Crippen molar-refractivity contribution in [2.75, 3.05) is 38.1 Å². The molecule has 1 aromatic carbocycles. The van der Waals surface area contributed by atoms with Crippen LogP contribution in [0.3, 0.4) is 0 Å². The van der Waals surface area contributed by atoms with E-state index in [0.717, 1.165) is 19.2 Å². The summed E-state index contributed by atoms with van der Waals surface area (Å²) < 4.78 is 0. The van der Waals surface area contributed by atoms with E-state index in [-0.39, 0.29) is 10.7 Å². The van der Waals surface area contributed by atoms with Gasteiger partial charge < -0.3 is 9.80 Å². The summed E-state index contributed by atoms with van der Waals surface area (Å²) in [5.41, 5.74) is -0.402. The van der Waals surface area contributed by atoms with Crippen molar-refractivity contribution >= 4 is 28.7 Å². The van der Waals surface area contributed by atoms with Gasteiger partial charge in [-0.2, -0.15) is 0 Å². The Hall–Kier alpha value is -1.93. The van der Waals surface area contributed by atoms with Gasteiger partial charge in [-0.1, -0.05) is 11.6 Å². The van der Waals surface area contributed by atoms with E-state index in [9.17, 15) is 20.2 Å². The number of nitro groups is 2. The first kappa shape index (κ1) is 14.5. The number of hydrogen-bond donors (Lipinski definition) is 0. The fourth-order valence-corrected chi connectivity index (χ4v) is 2.35. The molecule has 1 aliphatic rings. The van der Waals surface area contributed by atoms with Crippen LogP contribution in [0.2, 0.25) is 5.02 Å². The van der Waals surface area contributed by atoms with Crippen LogP contribution in [0.4, 0.5) is 17.1 Å². The Kier molecular flexibility index (Phi) is 4.05. The Labute approximate surface area is 119 Å². The van der Waals surface area contributed by atoms with E-state index < -0.39 is 15.5 Å². The van der Waals surface area contributed by atoms with Gasteiger partial charge >= 0.3 is 0 Å². The average molecular weight is 301 g/mol. The van der Waals surface area contributed by atoms with Crippen LogP contribution >= 0.6 is 11.6 Å². The SMILES string of the molecule is CN1CCN(c2cc(Cl)c([N+](=O)[O-])cc2[N+](=O)[O-])CC1. The maximum atomic E-state index is 11.1. The third kappa shape index (κ3) is 2.81. The number of likely N-dealkylation sites (N-methyl/N-ethyl adjacent to an activating group) is 1. The van der Waals surface area contributed by atoms with Crippen LogP contribution in [-0.2, 0) is 0 Å². The van der Waals surface area contributed by atoms with E-state index in [4.69, 9.17) is 11.6 Å². The molecular formula is C11H13ClN4O4. The number of nitro benzene ring substituents is 2. The molecule has 1 saturated heterocycles. The van der Waals surface area contributed by atoms with Crippen molar-refractivity contribution in [2.45, 2.75) is 0 Å². The third-order valence-electron chi connectivity index (χ3n) is 3.28. The lowest BCUT2D eigenvalue weighted by Crippen LogP contribution is -2.44.